The molecule has 2 rings (SSSR count). The second-order valence-corrected chi connectivity index (χ2v) is 4.23. The molecule has 2 aromatic carbocycles. The van der Waals surface area contributed by atoms with Crippen LogP contribution in [0.2, 0.25) is 0 Å². The van der Waals surface area contributed by atoms with E-state index in [1.165, 1.54) is 16.7 Å². The Morgan fingerprint density at radius 3 is 2.41 bits per heavy atom. The van der Waals surface area contributed by atoms with Gasteiger partial charge in [-0.2, -0.15) is 0 Å². The summed E-state index contributed by atoms with van der Waals surface area (Å²) in [6, 6.07) is 16.5. The maximum Gasteiger partial charge on any atom is 0.119 e. The molecule has 1 heteroatoms. The van der Waals surface area contributed by atoms with E-state index in [0.29, 0.717) is 6.61 Å². The number of hydrogen-bond donors (Lipinski definition) is 0. The third kappa shape index (κ3) is 3.10. The molecule has 1 nitrogen and oxygen atoms in total. The highest BCUT2D eigenvalue weighted by Gasteiger charge is 2.02. The van der Waals surface area contributed by atoms with Gasteiger partial charge >= 0.3 is 0 Å². The van der Waals surface area contributed by atoms with Crippen molar-refractivity contribution in [2.75, 3.05) is 0 Å². The lowest BCUT2D eigenvalue weighted by Gasteiger charge is -2.10. The van der Waals surface area contributed by atoms with Gasteiger partial charge in [0.2, 0.25) is 0 Å². The summed E-state index contributed by atoms with van der Waals surface area (Å²) >= 11 is 0. The Morgan fingerprint density at radius 1 is 0.941 bits per heavy atom. The lowest BCUT2D eigenvalue weighted by molar-refractivity contribution is 0.305. The molecule has 0 N–H and O–H groups in total. The van der Waals surface area contributed by atoms with Crippen LogP contribution >= 0.6 is 0 Å². The summed E-state index contributed by atoms with van der Waals surface area (Å²) in [6.45, 7) is 4.95. The Hall–Kier alpha value is -1.76. The van der Waals surface area contributed by atoms with Gasteiger partial charge in [-0.3, -0.25) is 0 Å². The van der Waals surface area contributed by atoms with Crippen LogP contribution in [-0.4, -0.2) is 0 Å². The summed E-state index contributed by atoms with van der Waals surface area (Å²) in [5.41, 5.74) is 3.97. The lowest BCUT2D eigenvalue weighted by atomic mass is 10.0. The molecule has 0 fully saturated rings. The van der Waals surface area contributed by atoms with E-state index in [0.717, 1.165) is 12.2 Å². The van der Waals surface area contributed by atoms with Crippen molar-refractivity contribution in [3.05, 3.63) is 65.2 Å². The molecule has 0 saturated carbocycles. The quantitative estimate of drug-likeness (QED) is 0.761. The molecule has 17 heavy (non-hydrogen) atoms. The van der Waals surface area contributed by atoms with E-state index in [1.54, 1.807) is 0 Å². The Bertz CT molecular complexity index is 474. The number of para-hydroxylation sites is 1. The van der Waals surface area contributed by atoms with Crippen LogP contribution in [0.4, 0.5) is 0 Å². The van der Waals surface area contributed by atoms with Crippen LogP contribution in [0.25, 0.3) is 0 Å². The molecular weight excluding hydrogens is 208 g/mol. The van der Waals surface area contributed by atoms with Gasteiger partial charge < -0.3 is 4.74 Å². The summed E-state index contributed by atoms with van der Waals surface area (Å²) < 4.78 is 5.77. The van der Waals surface area contributed by atoms with Gasteiger partial charge in [0, 0.05) is 0 Å². The fraction of sp³-hybridized carbons (Fsp3) is 0.250. The first kappa shape index (κ1) is 11.7. The van der Waals surface area contributed by atoms with Gasteiger partial charge in [-0.15, -0.1) is 0 Å². The summed E-state index contributed by atoms with van der Waals surface area (Å²) in [4.78, 5) is 0. The average molecular weight is 226 g/mol. The van der Waals surface area contributed by atoms with Crippen LogP contribution in [0.15, 0.2) is 48.5 Å². The van der Waals surface area contributed by atoms with Crippen molar-refractivity contribution in [1.82, 2.24) is 0 Å². The zero-order valence-electron chi connectivity index (χ0n) is 10.4. The summed E-state index contributed by atoms with van der Waals surface area (Å²) in [5, 5.41) is 0. The minimum Gasteiger partial charge on any atom is -0.489 e. The molecule has 0 aromatic heterocycles. The van der Waals surface area contributed by atoms with Crippen molar-refractivity contribution < 1.29 is 4.74 Å². The highest BCUT2D eigenvalue weighted by Crippen LogP contribution is 2.16. The van der Waals surface area contributed by atoms with Gasteiger partial charge in [-0.25, -0.2) is 0 Å². The molecule has 0 saturated heterocycles. The summed E-state index contributed by atoms with van der Waals surface area (Å²) in [6.07, 6.45) is 1.05. The van der Waals surface area contributed by atoms with Crippen LogP contribution in [-0.2, 0) is 13.0 Å². The fourth-order valence-electron chi connectivity index (χ4n) is 1.90. The number of hydrogen-bond acceptors (Lipinski definition) is 1. The predicted molar refractivity (Wildman–Crippen MR) is 71.3 cm³/mol. The molecule has 0 radical (unpaired) electrons. The standard InChI is InChI=1S/C16H18O/c1-3-14-11-13(2)9-10-15(14)12-17-16-7-5-4-6-8-16/h4-11H,3,12H2,1-2H3. The Morgan fingerprint density at radius 2 is 1.71 bits per heavy atom. The zero-order chi connectivity index (χ0) is 12.1. The Balaban J connectivity index is 2.09. The van der Waals surface area contributed by atoms with Gasteiger partial charge in [-0.1, -0.05) is 48.9 Å². The number of benzene rings is 2. The topological polar surface area (TPSA) is 9.23 Å². The van der Waals surface area contributed by atoms with E-state index in [2.05, 4.69) is 32.0 Å². The molecule has 88 valence electrons. The molecule has 0 aliphatic heterocycles. The van der Waals surface area contributed by atoms with Gasteiger partial charge in [0.15, 0.2) is 0 Å². The van der Waals surface area contributed by atoms with Crippen molar-refractivity contribution in [3.63, 3.8) is 0 Å². The van der Waals surface area contributed by atoms with Crippen molar-refractivity contribution in [2.24, 2.45) is 0 Å². The first-order valence-corrected chi connectivity index (χ1v) is 6.06. The molecule has 0 amide bonds. The highest BCUT2D eigenvalue weighted by molar-refractivity contribution is 5.32. The second kappa shape index (κ2) is 5.53. The number of ether oxygens (including phenoxy) is 1. The maximum absolute atomic E-state index is 5.77. The van der Waals surface area contributed by atoms with Crippen LogP contribution in [0.5, 0.6) is 5.75 Å². The second-order valence-electron chi connectivity index (χ2n) is 4.23. The van der Waals surface area contributed by atoms with Crippen molar-refractivity contribution in [2.45, 2.75) is 26.9 Å². The van der Waals surface area contributed by atoms with Gasteiger partial charge in [-0.05, 0) is 36.6 Å². The molecule has 0 aliphatic rings. The number of aryl methyl sites for hydroxylation is 2. The van der Waals surface area contributed by atoms with Gasteiger partial charge in [0.1, 0.15) is 12.4 Å². The molecule has 0 atom stereocenters. The molecule has 0 bridgehead atoms. The van der Waals surface area contributed by atoms with Crippen LogP contribution in [0.3, 0.4) is 0 Å². The first-order valence-electron chi connectivity index (χ1n) is 6.06. The third-order valence-corrected chi connectivity index (χ3v) is 2.88. The lowest BCUT2D eigenvalue weighted by Crippen LogP contribution is -2.00. The van der Waals surface area contributed by atoms with Crippen LogP contribution in [0, 0.1) is 6.92 Å². The Kier molecular flexibility index (Phi) is 3.81. The molecular formula is C16H18O. The van der Waals surface area contributed by atoms with Crippen LogP contribution < -0.4 is 4.74 Å². The van der Waals surface area contributed by atoms with E-state index in [9.17, 15) is 0 Å². The third-order valence-electron chi connectivity index (χ3n) is 2.88. The average Bonchev–Trinajstić information content (AvgIpc) is 2.38. The van der Waals surface area contributed by atoms with E-state index in [4.69, 9.17) is 4.74 Å². The van der Waals surface area contributed by atoms with Gasteiger partial charge in [0.05, 0.1) is 0 Å². The summed E-state index contributed by atoms with van der Waals surface area (Å²) in [7, 11) is 0. The SMILES string of the molecule is CCc1cc(C)ccc1COc1ccccc1. The van der Waals surface area contributed by atoms with Crippen LogP contribution in [0.1, 0.15) is 23.6 Å². The van der Waals surface area contributed by atoms with Crippen molar-refractivity contribution >= 4 is 0 Å². The number of rotatable bonds is 4. The predicted octanol–water partition coefficient (Wildman–Crippen LogP) is 4.14. The van der Waals surface area contributed by atoms with E-state index < -0.39 is 0 Å². The zero-order valence-corrected chi connectivity index (χ0v) is 10.4. The summed E-state index contributed by atoms with van der Waals surface area (Å²) in [5.74, 6) is 0.926. The van der Waals surface area contributed by atoms with E-state index in [1.807, 2.05) is 30.3 Å². The van der Waals surface area contributed by atoms with Gasteiger partial charge in [0.25, 0.3) is 0 Å². The highest BCUT2D eigenvalue weighted by atomic mass is 16.5. The maximum atomic E-state index is 5.77. The Labute approximate surface area is 103 Å². The fourth-order valence-corrected chi connectivity index (χ4v) is 1.90. The monoisotopic (exact) mass is 226 g/mol. The smallest absolute Gasteiger partial charge is 0.119 e. The molecule has 0 spiro atoms. The largest absolute Gasteiger partial charge is 0.489 e. The normalized spacial score (nSPS) is 10.2. The molecule has 0 heterocycles. The van der Waals surface area contributed by atoms with E-state index >= 15 is 0 Å². The molecule has 2 aromatic rings. The van der Waals surface area contributed by atoms with Crippen molar-refractivity contribution in [3.8, 4) is 5.75 Å². The minimum absolute atomic E-state index is 0.646. The van der Waals surface area contributed by atoms with E-state index in [-0.39, 0.29) is 0 Å². The molecule has 0 aliphatic carbocycles. The first-order chi connectivity index (χ1) is 8.29. The van der Waals surface area contributed by atoms with Crippen molar-refractivity contribution in [1.29, 1.82) is 0 Å². The molecule has 0 unspecified atom stereocenters. The minimum atomic E-state index is 0.646.